The van der Waals surface area contributed by atoms with E-state index in [0.717, 1.165) is 52.2 Å². The number of hydrogen-bond acceptors (Lipinski definition) is 5. The molecule has 7 heteroatoms. The highest BCUT2D eigenvalue weighted by atomic mass is 32.1. The number of benzene rings is 1. The number of fused-ring (bicyclic) bond motifs is 4. The van der Waals surface area contributed by atoms with Crippen molar-refractivity contribution >= 4 is 44.7 Å². The fourth-order valence-electron chi connectivity index (χ4n) is 4.35. The molecule has 3 aromatic rings. The average molecular weight is 407 g/mol. The van der Waals surface area contributed by atoms with Gasteiger partial charge < -0.3 is 14.7 Å². The lowest BCUT2D eigenvalue weighted by Crippen LogP contribution is -2.37. The van der Waals surface area contributed by atoms with Crippen LogP contribution in [0.4, 0.5) is 10.7 Å². The third-order valence-electron chi connectivity index (χ3n) is 5.80. The van der Waals surface area contributed by atoms with Crippen LogP contribution in [0, 0.1) is 0 Å². The first-order valence-electron chi connectivity index (χ1n) is 9.87. The number of carbonyl (C=O) groups excluding carboxylic acids is 2. The summed E-state index contributed by atoms with van der Waals surface area (Å²) in [5, 5.41) is 1.95. The van der Waals surface area contributed by atoms with Crippen LogP contribution in [0.15, 0.2) is 36.5 Å². The Kier molecular flexibility index (Phi) is 4.28. The smallest absolute Gasteiger partial charge is 0.257 e. The quantitative estimate of drug-likeness (QED) is 0.655. The van der Waals surface area contributed by atoms with E-state index in [2.05, 4.69) is 22.0 Å². The fourth-order valence-corrected chi connectivity index (χ4v) is 5.78. The minimum Gasteiger partial charge on any atom is -0.365 e. The summed E-state index contributed by atoms with van der Waals surface area (Å²) in [6.07, 6.45) is 2.65. The summed E-state index contributed by atoms with van der Waals surface area (Å²) < 4.78 is 0. The Balaban J connectivity index is 1.58. The Morgan fingerprint density at radius 3 is 2.79 bits per heavy atom. The van der Waals surface area contributed by atoms with Crippen LogP contribution >= 0.6 is 11.3 Å². The number of thiophene rings is 1. The topological polar surface area (TPSA) is 56.8 Å². The zero-order valence-electron chi connectivity index (χ0n) is 16.5. The number of para-hydroxylation sites is 1. The van der Waals surface area contributed by atoms with Crippen LogP contribution in [0.2, 0.25) is 0 Å². The number of hydrogen-bond donors (Lipinski definition) is 0. The van der Waals surface area contributed by atoms with Gasteiger partial charge in [0, 0.05) is 42.3 Å². The van der Waals surface area contributed by atoms with Gasteiger partial charge in [-0.15, -0.1) is 11.3 Å². The van der Waals surface area contributed by atoms with Crippen molar-refractivity contribution in [3.63, 3.8) is 0 Å². The van der Waals surface area contributed by atoms with Crippen LogP contribution in [0.1, 0.15) is 27.7 Å². The van der Waals surface area contributed by atoms with E-state index < -0.39 is 0 Å². The van der Waals surface area contributed by atoms with Crippen molar-refractivity contribution in [3.8, 4) is 0 Å². The highest BCUT2D eigenvalue weighted by Gasteiger charge is 2.36. The maximum absolute atomic E-state index is 13.0. The molecular formula is C22H22N4O2S. The molecule has 0 saturated heterocycles. The molecule has 5 rings (SSSR count). The van der Waals surface area contributed by atoms with E-state index in [-0.39, 0.29) is 18.4 Å². The van der Waals surface area contributed by atoms with Crippen molar-refractivity contribution in [3.05, 3.63) is 52.5 Å². The van der Waals surface area contributed by atoms with Crippen molar-refractivity contribution in [1.29, 1.82) is 0 Å². The second-order valence-electron chi connectivity index (χ2n) is 7.50. The molecule has 2 aliphatic rings. The Bertz CT molecular complexity index is 1130. The summed E-state index contributed by atoms with van der Waals surface area (Å²) in [5.41, 5.74) is 4.00. The minimum atomic E-state index is -0.0374. The van der Waals surface area contributed by atoms with Crippen LogP contribution in [0.5, 0.6) is 0 Å². The zero-order chi connectivity index (χ0) is 20.1. The summed E-state index contributed by atoms with van der Waals surface area (Å²) in [6, 6.07) is 10.2. The van der Waals surface area contributed by atoms with Crippen LogP contribution in [-0.4, -0.2) is 48.4 Å². The molecule has 2 aromatic heterocycles. The Morgan fingerprint density at radius 2 is 1.97 bits per heavy atom. The molecule has 0 radical (unpaired) electrons. The van der Waals surface area contributed by atoms with Gasteiger partial charge in [0.15, 0.2) is 0 Å². The van der Waals surface area contributed by atoms with E-state index in [1.165, 1.54) is 4.88 Å². The third-order valence-corrected chi connectivity index (χ3v) is 7.04. The lowest BCUT2D eigenvalue weighted by molar-refractivity contribution is -0.118. The first-order valence-corrected chi connectivity index (χ1v) is 10.7. The Labute approximate surface area is 173 Å². The van der Waals surface area contributed by atoms with Gasteiger partial charge in [-0.25, -0.2) is 0 Å². The minimum absolute atomic E-state index is 0.0160. The van der Waals surface area contributed by atoms with Gasteiger partial charge in [0.05, 0.1) is 17.6 Å². The van der Waals surface area contributed by atoms with E-state index in [1.54, 1.807) is 28.2 Å². The average Bonchev–Trinajstić information content (AvgIpc) is 3.07. The van der Waals surface area contributed by atoms with Gasteiger partial charge in [0.25, 0.3) is 5.91 Å². The number of aromatic nitrogens is 1. The normalized spacial score (nSPS) is 16.8. The van der Waals surface area contributed by atoms with Crippen molar-refractivity contribution < 1.29 is 9.59 Å². The number of amides is 2. The van der Waals surface area contributed by atoms with E-state index in [4.69, 9.17) is 0 Å². The largest absolute Gasteiger partial charge is 0.365 e. The fraction of sp³-hybridized carbons (Fsp3) is 0.318. The monoisotopic (exact) mass is 406 g/mol. The number of likely N-dealkylation sites (N-methyl/N-ethyl adjacent to an activating group) is 2. The number of carbonyl (C=O) groups is 2. The number of rotatable bonds is 2. The van der Waals surface area contributed by atoms with Gasteiger partial charge in [-0.05, 0) is 31.0 Å². The second kappa shape index (κ2) is 6.84. The summed E-state index contributed by atoms with van der Waals surface area (Å²) >= 11 is 1.60. The first-order chi connectivity index (χ1) is 14.1. The van der Waals surface area contributed by atoms with Gasteiger partial charge in [0.2, 0.25) is 5.91 Å². The second-order valence-corrected chi connectivity index (χ2v) is 8.59. The summed E-state index contributed by atoms with van der Waals surface area (Å²) in [4.78, 5) is 37.0. The van der Waals surface area contributed by atoms with Crippen molar-refractivity contribution in [2.75, 3.05) is 36.5 Å². The van der Waals surface area contributed by atoms with Gasteiger partial charge in [-0.1, -0.05) is 18.2 Å². The molecule has 0 unspecified atom stereocenters. The molecule has 2 aliphatic heterocycles. The van der Waals surface area contributed by atoms with Crippen molar-refractivity contribution in [2.24, 2.45) is 0 Å². The van der Waals surface area contributed by atoms with Gasteiger partial charge in [-0.2, -0.15) is 0 Å². The van der Waals surface area contributed by atoms with Crippen LogP contribution in [0.3, 0.4) is 0 Å². The van der Waals surface area contributed by atoms with E-state index >= 15 is 0 Å². The number of pyridine rings is 1. The molecule has 6 nitrogen and oxygen atoms in total. The highest BCUT2D eigenvalue weighted by Crippen LogP contribution is 2.42. The van der Waals surface area contributed by atoms with Crippen LogP contribution in [-0.2, 0) is 17.8 Å². The summed E-state index contributed by atoms with van der Waals surface area (Å²) in [7, 11) is 1.71. The van der Waals surface area contributed by atoms with E-state index in [9.17, 15) is 9.59 Å². The zero-order valence-corrected chi connectivity index (χ0v) is 17.3. The molecule has 0 aliphatic carbocycles. The molecule has 148 valence electrons. The van der Waals surface area contributed by atoms with E-state index in [1.807, 2.05) is 31.3 Å². The molecule has 4 heterocycles. The standard InChI is InChI=1S/C22H22N4O2S/c1-3-26-19(27)13-24(2)21(28)20-15-9-11-25(12-18(15)29-22(20)26)17-8-10-23-16-7-5-4-6-14(16)17/h4-8,10H,3,9,11-13H2,1-2H3. The van der Waals surface area contributed by atoms with Crippen LogP contribution in [0.25, 0.3) is 10.9 Å². The molecule has 0 spiro atoms. The first kappa shape index (κ1) is 18.1. The van der Waals surface area contributed by atoms with Gasteiger partial charge in [0.1, 0.15) is 11.5 Å². The predicted molar refractivity (Wildman–Crippen MR) is 116 cm³/mol. The highest BCUT2D eigenvalue weighted by molar-refractivity contribution is 7.17. The molecule has 2 amide bonds. The predicted octanol–water partition coefficient (Wildman–Crippen LogP) is 3.30. The Hall–Kier alpha value is -2.93. The molecule has 0 saturated carbocycles. The van der Waals surface area contributed by atoms with Gasteiger partial charge in [-0.3, -0.25) is 14.6 Å². The maximum atomic E-state index is 13.0. The lowest BCUT2D eigenvalue weighted by Gasteiger charge is -2.30. The maximum Gasteiger partial charge on any atom is 0.257 e. The molecule has 0 N–H and O–H groups in total. The summed E-state index contributed by atoms with van der Waals surface area (Å²) in [5.74, 6) is -0.0534. The molecular weight excluding hydrogens is 384 g/mol. The third kappa shape index (κ3) is 2.80. The molecule has 0 bridgehead atoms. The van der Waals surface area contributed by atoms with Crippen LogP contribution < -0.4 is 9.80 Å². The SMILES string of the molecule is CCN1C(=O)CN(C)C(=O)c2c1sc1c2CCN(c2ccnc3ccccc23)C1. The number of anilines is 2. The van der Waals surface area contributed by atoms with Gasteiger partial charge >= 0.3 is 0 Å². The lowest BCUT2D eigenvalue weighted by atomic mass is 10.0. The Morgan fingerprint density at radius 1 is 1.14 bits per heavy atom. The summed E-state index contributed by atoms with van der Waals surface area (Å²) in [6.45, 7) is 4.25. The molecule has 1 aromatic carbocycles. The van der Waals surface area contributed by atoms with E-state index in [0.29, 0.717) is 6.54 Å². The molecule has 0 fully saturated rings. The number of nitrogens with zero attached hydrogens (tertiary/aromatic N) is 4. The molecule has 29 heavy (non-hydrogen) atoms. The molecule has 0 atom stereocenters. The van der Waals surface area contributed by atoms with Crippen molar-refractivity contribution in [1.82, 2.24) is 9.88 Å². The van der Waals surface area contributed by atoms with Crippen molar-refractivity contribution in [2.45, 2.75) is 19.9 Å².